The van der Waals surface area contributed by atoms with E-state index in [0.717, 1.165) is 6.07 Å². The number of anilines is 1. The summed E-state index contributed by atoms with van der Waals surface area (Å²) in [5.74, 6) is -0.289. The molecule has 10 heteroatoms. The number of methoxy groups -OCH3 is 2. The van der Waals surface area contributed by atoms with Crippen LogP contribution < -0.4 is 19.9 Å². The summed E-state index contributed by atoms with van der Waals surface area (Å²) in [6.45, 7) is 0. The number of carbonyl (C=O) groups is 1. The maximum atomic E-state index is 12.2. The molecule has 2 aromatic rings. The van der Waals surface area contributed by atoms with Crippen LogP contribution in [0.2, 0.25) is 0 Å². The predicted octanol–water partition coefficient (Wildman–Crippen LogP) is 1.34. The standard InChI is InChI=1S/C16H16N2O7S/c1-23-12-6-4-9-13(14(12)24-2)16(20)25-15(9)18-10-7-8(26(17,21)22)3-5-11(10)19/h3-7,15,18-19H,1-2H3,(H2,17,21,22). The van der Waals surface area contributed by atoms with E-state index < -0.39 is 22.2 Å². The molecule has 1 aliphatic heterocycles. The molecule has 0 saturated carbocycles. The molecular weight excluding hydrogens is 364 g/mol. The van der Waals surface area contributed by atoms with Crippen molar-refractivity contribution in [1.82, 2.24) is 0 Å². The van der Waals surface area contributed by atoms with Gasteiger partial charge in [0.25, 0.3) is 0 Å². The number of hydrogen-bond donors (Lipinski definition) is 3. The lowest BCUT2D eigenvalue weighted by atomic mass is 10.1. The minimum Gasteiger partial charge on any atom is -0.506 e. The van der Waals surface area contributed by atoms with Crippen molar-refractivity contribution in [3.05, 3.63) is 41.5 Å². The highest BCUT2D eigenvalue weighted by atomic mass is 32.2. The summed E-state index contributed by atoms with van der Waals surface area (Å²) in [5, 5.41) is 17.9. The zero-order chi connectivity index (χ0) is 19.1. The van der Waals surface area contributed by atoms with Gasteiger partial charge in [0, 0.05) is 5.56 Å². The van der Waals surface area contributed by atoms with E-state index in [2.05, 4.69) is 5.32 Å². The van der Waals surface area contributed by atoms with Crippen LogP contribution in [-0.2, 0) is 14.8 Å². The van der Waals surface area contributed by atoms with Crippen LogP contribution in [-0.4, -0.2) is 33.7 Å². The second-order valence-corrected chi connectivity index (χ2v) is 6.98. The van der Waals surface area contributed by atoms with Crippen molar-refractivity contribution < 1.29 is 32.5 Å². The number of cyclic esters (lactones) is 1. The first kappa shape index (κ1) is 17.8. The molecule has 3 rings (SSSR count). The van der Waals surface area contributed by atoms with Crippen LogP contribution in [0.25, 0.3) is 0 Å². The number of nitrogens with one attached hydrogen (secondary N) is 1. The largest absolute Gasteiger partial charge is 0.506 e. The molecule has 1 heterocycles. The molecule has 0 bridgehead atoms. The SMILES string of the molecule is COc1ccc2c(c1OC)C(=O)OC2Nc1cc(S(N)(=O)=O)ccc1O. The first-order valence-electron chi connectivity index (χ1n) is 7.34. The van der Waals surface area contributed by atoms with Gasteiger partial charge in [0.1, 0.15) is 11.3 Å². The number of phenolic OH excluding ortho intramolecular Hbond substituents is 1. The van der Waals surface area contributed by atoms with Crippen molar-refractivity contribution in [3.63, 3.8) is 0 Å². The minimum atomic E-state index is -3.96. The number of benzene rings is 2. The Hall–Kier alpha value is -2.98. The van der Waals surface area contributed by atoms with Gasteiger partial charge in [0.05, 0.1) is 24.8 Å². The Labute approximate surface area is 149 Å². The van der Waals surface area contributed by atoms with Crippen LogP contribution in [0.5, 0.6) is 17.2 Å². The Bertz CT molecular complexity index is 988. The second kappa shape index (κ2) is 6.39. The normalized spacial score (nSPS) is 16.0. The molecule has 26 heavy (non-hydrogen) atoms. The molecule has 0 aliphatic carbocycles. The van der Waals surface area contributed by atoms with E-state index in [4.69, 9.17) is 19.3 Å². The van der Waals surface area contributed by atoms with E-state index in [1.54, 1.807) is 12.1 Å². The monoisotopic (exact) mass is 380 g/mol. The number of carbonyl (C=O) groups excluding carboxylic acids is 1. The quantitative estimate of drug-likeness (QED) is 0.522. The van der Waals surface area contributed by atoms with E-state index in [9.17, 15) is 18.3 Å². The number of hydrogen-bond acceptors (Lipinski definition) is 8. The van der Waals surface area contributed by atoms with Gasteiger partial charge in [0.2, 0.25) is 16.3 Å². The van der Waals surface area contributed by atoms with Gasteiger partial charge < -0.3 is 24.6 Å². The van der Waals surface area contributed by atoms with Crippen molar-refractivity contribution >= 4 is 21.7 Å². The molecule has 4 N–H and O–H groups in total. The Morgan fingerprint density at radius 3 is 2.54 bits per heavy atom. The highest BCUT2D eigenvalue weighted by Gasteiger charge is 2.36. The van der Waals surface area contributed by atoms with Crippen LogP contribution >= 0.6 is 0 Å². The topological polar surface area (TPSA) is 137 Å². The molecule has 0 saturated heterocycles. The van der Waals surface area contributed by atoms with Crippen LogP contribution in [0.15, 0.2) is 35.2 Å². The number of esters is 1. The van der Waals surface area contributed by atoms with Crippen LogP contribution in [0.3, 0.4) is 0 Å². The molecule has 0 aromatic heterocycles. The molecule has 0 fully saturated rings. The van der Waals surface area contributed by atoms with E-state index in [1.807, 2.05) is 0 Å². The summed E-state index contributed by atoms with van der Waals surface area (Å²) in [5.41, 5.74) is 0.677. The summed E-state index contributed by atoms with van der Waals surface area (Å²) < 4.78 is 38.7. The smallest absolute Gasteiger partial charge is 0.344 e. The van der Waals surface area contributed by atoms with Gasteiger partial charge in [-0.3, -0.25) is 0 Å². The molecule has 138 valence electrons. The molecule has 0 radical (unpaired) electrons. The number of primary sulfonamides is 1. The van der Waals surface area contributed by atoms with Crippen molar-refractivity contribution in [3.8, 4) is 17.2 Å². The first-order valence-corrected chi connectivity index (χ1v) is 8.89. The fourth-order valence-electron chi connectivity index (χ4n) is 2.66. The first-order chi connectivity index (χ1) is 12.3. The van der Waals surface area contributed by atoms with Crippen molar-refractivity contribution in [2.45, 2.75) is 11.1 Å². The molecule has 1 unspecified atom stereocenters. The number of fused-ring (bicyclic) bond motifs is 1. The van der Waals surface area contributed by atoms with Gasteiger partial charge in [-0.2, -0.15) is 0 Å². The van der Waals surface area contributed by atoms with Crippen LogP contribution in [0.1, 0.15) is 22.1 Å². The zero-order valence-electron chi connectivity index (χ0n) is 13.8. The average Bonchev–Trinajstić information content (AvgIpc) is 2.91. The number of sulfonamides is 1. The highest BCUT2D eigenvalue weighted by Crippen LogP contribution is 2.42. The summed E-state index contributed by atoms with van der Waals surface area (Å²) in [6.07, 6.45) is -0.959. The average molecular weight is 380 g/mol. The number of ether oxygens (including phenoxy) is 3. The highest BCUT2D eigenvalue weighted by molar-refractivity contribution is 7.89. The zero-order valence-corrected chi connectivity index (χ0v) is 14.7. The maximum Gasteiger partial charge on any atom is 0.344 e. The maximum absolute atomic E-state index is 12.2. The summed E-state index contributed by atoms with van der Waals surface area (Å²) in [7, 11) is -1.12. The number of nitrogens with two attached hydrogens (primary N) is 1. The summed E-state index contributed by atoms with van der Waals surface area (Å²) in [6, 6.07) is 6.71. The Morgan fingerprint density at radius 2 is 1.92 bits per heavy atom. The molecular formula is C16H16N2O7S. The van der Waals surface area contributed by atoms with E-state index in [-0.39, 0.29) is 27.6 Å². The van der Waals surface area contributed by atoms with Gasteiger partial charge >= 0.3 is 5.97 Å². The van der Waals surface area contributed by atoms with Crippen LogP contribution in [0, 0.1) is 0 Å². The fraction of sp³-hybridized carbons (Fsp3) is 0.188. The number of phenols is 1. The second-order valence-electron chi connectivity index (χ2n) is 5.42. The van der Waals surface area contributed by atoms with Gasteiger partial charge in [-0.1, -0.05) is 0 Å². The molecule has 9 nitrogen and oxygen atoms in total. The number of rotatable bonds is 5. The van der Waals surface area contributed by atoms with E-state index in [1.165, 1.54) is 26.4 Å². The lowest BCUT2D eigenvalue weighted by Gasteiger charge is -2.16. The molecule has 0 spiro atoms. The van der Waals surface area contributed by atoms with Crippen molar-refractivity contribution in [1.29, 1.82) is 0 Å². The fourth-order valence-corrected chi connectivity index (χ4v) is 3.20. The van der Waals surface area contributed by atoms with Crippen molar-refractivity contribution in [2.75, 3.05) is 19.5 Å². The van der Waals surface area contributed by atoms with Gasteiger partial charge in [-0.05, 0) is 30.3 Å². The van der Waals surface area contributed by atoms with Crippen molar-refractivity contribution in [2.24, 2.45) is 5.14 Å². The van der Waals surface area contributed by atoms with E-state index >= 15 is 0 Å². The summed E-state index contributed by atoms with van der Waals surface area (Å²) in [4.78, 5) is 12.0. The molecule has 0 amide bonds. The molecule has 2 aromatic carbocycles. The Balaban J connectivity index is 2.02. The summed E-state index contributed by atoms with van der Waals surface area (Å²) >= 11 is 0. The Morgan fingerprint density at radius 1 is 1.19 bits per heavy atom. The minimum absolute atomic E-state index is 0.0389. The number of aromatic hydroxyl groups is 1. The van der Waals surface area contributed by atoms with E-state index in [0.29, 0.717) is 11.3 Å². The van der Waals surface area contributed by atoms with Gasteiger partial charge in [0.15, 0.2) is 11.5 Å². The third-order valence-corrected chi connectivity index (χ3v) is 4.78. The third kappa shape index (κ3) is 3.00. The van der Waals surface area contributed by atoms with Gasteiger partial charge in [-0.15, -0.1) is 0 Å². The predicted molar refractivity (Wildman–Crippen MR) is 90.8 cm³/mol. The lowest BCUT2D eigenvalue weighted by Crippen LogP contribution is -2.14. The Kier molecular flexibility index (Phi) is 4.38. The molecule has 1 atom stereocenters. The third-order valence-electron chi connectivity index (χ3n) is 3.87. The van der Waals surface area contributed by atoms with Crippen LogP contribution in [0.4, 0.5) is 5.69 Å². The molecule has 1 aliphatic rings. The lowest BCUT2D eigenvalue weighted by molar-refractivity contribution is 0.0434. The van der Waals surface area contributed by atoms with Gasteiger partial charge in [-0.25, -0.2) is 18.4 Å².